The van der Waals surface area contributed by atoms with Gasteiger partial charge in [-0.1, -0.05) is 23.7 Å². The van der Waals surface area contributed by atoms with E-state index in [2.05, 4.69) is 20.2 Å². The number of aryl methyl sites for hydroxylation is 1. The molecular weight excluding hydrogens is 276 g/mol. The minimum atomic E-state index is -0.0594. The first kappa shape index (κ1) is 12.6. The molecule has 3 aromatic rings. The van der Waals surface area contributed by atoms with Gasteiger partial charge in [0, 0.05) is 6.20 Å². The Bertz CT molecular complexity index is 796. The first-order valence-corrected chi connectivity index (χ1v) is 6.37. The molecule has 20 heavy (non-hydrogen) atoms. The quantitative estimate of drug-likeness (QED) is 0.673. The molecule has 0 bridgehead atoms. The van der Waals surface area contributed by atoms with Crippen molar-refractivity contribution in [3.05, 3.63) is 47.1 Å². The standard InChI is InChI=1S/C14H11ClN4O/c1-8-5-6-9(15)11-12(8)17-14(20)13(11)19-18-10-4-2-3-7-16-10/h2-7,17,20H,1H3. The van der Waals surface area contributed by atoms with E-state index in [1.54, 1.807) is 24.4 Å². The number of pyridine rings is 1. The number of nitrogens with one attached hydrogen (secondary N) is 1. The van der Waals surface area contributed by atoms with Crippen LogP contribution in [0.4, 0.5) is 11.5 Å². The molecule has 0 spiro atoms. The second-order valence-corrected chi connectivity index (χ2v) is 4.73. The third-order valence-corrected chi connectivity index (χ3v) is 3.28. The van der Waals surface area contributed by atoms with Crippen LogP contribution < -0.4 is 0 Å². The van der Waals surface area contributed by atoms with Crippen LogP contribution in [0.3, 0.4) is 0 Å². The van der Waals surface area contributed by atoms with Crippen LogP contribution in [0.5, 0.6) is 5.88 Å². The maximum Gasteiger partial charge on any atom is 0.218 e. The highest BCUT2D eigenvalue weighted by Crippen LogP contribution is 2.41. The van der Waals surface area contributed by atoms with Gasteiger partial charge in [0.15, 0.2) is 11.5 Å². The zero-order chi connectivity index (χ0) is 14.1. The van der Waals surface area contributed by atoms with Crippen LogP contribution in [0.1, 0.15) is 5.56 Å². The van der Waals surface area contributed by atoms with Crippen molar-refractivity contribution in [1.82, 2.24) is 9.97 Å². The Kier molecular flexibility index (Phi) is 3.12. The van der Waals surface area contributed by atoms with Crippen molar-refractivity contribution in [1.29, 1.82) is 0 Å². The molecule has 0 unspecified atom stereocenters. The lowest BCUT2D eigenvalue weighted by molar-refractivity contribution is 0.459. The normalized spacial score (nSPS) is 11.5. The van der Waals surface area contributed by atoms with Crippen molar-refractivity contribution in [2.45, 2.75) is 6.92 Å². The SMILES string of the molecule is Cc1ccc(Cl)c2c(N=Nc3ccccn3)c(O)[nH]c12. The summed E-state index contributed by atoms with van der Waals surface area (Å²) in [6, 6.07) is 8.98. The predicted molar refractivity (Wildman–Crippen MR) is 78.1 cm³/mol. The van der Waals surface area contributed by atoms with Gasteiger partial charge in [0.1, 0.15) is 0 Å². The summed E-state index contributed by atoms with van der Waals surface area (Å²) in [4.78, 5) is 6.91. The first-order chi connectivity index (χ1) is 9.66. The van der Waals surface area contributed by atoms with E-state index < -0.39 is 0 Å². The lowest BCUT2D eigenvalue weighted by Gasteiger charge is -1.98. The molecule has 2 aromatic heterocycles. The van der Waals surface area contributed by atoms with Gasteiger partial charge in [-0.05, 0) is 30.7 Å². The minimum Gasteiger partial charge on any atom is -0.493 e. The fraction of sp³-hybridized carbons (Fsp3) is 0.0714. The number of hydrogen-bond acceptors (Lipinski definition) is 4. The number of aromatic hydroxyl groups is 1. The van der Waals surface area contributed by atoms with E-state index in [9.17, 15) is 5.11 Å². The van der Waals surface area contributed by atoms with Crippen LogP contribution >= 0.6 is 11.6 Å². The lowest BCUT2D eigenvalue weighted by Crippen LogP contribution is -1.76. The van der Waals surface area contributed by atoms with E-state index in [1.165, 1.54) is 0 Å². The van der Waals surface area contributed by atoms with Crippen LogP contribution in [0.15, 0.2) is 46.8 Å². The van der Waals surface area contributed by atoms with Crippen molar-refractivity contribution in [3.63, 3.8) is 0 Å². The van der Waals surface area contributed by atoms with Crippen molar-refractivity contribution in [2.24, 2.45) is 10.2 Å². The molecule has 0 atom stereocenters. The maximum absolute atomic E-state index is 9.97. The number of fused-ring (bicyclic) bond motifs is 1. The van der Waals surface area contributed by atoms with E-state index in [4.69, 9.17) is 11.6 Å². The molecule has 3 rings (SSSR count). The number of rotatable bonds is 2. The molecule has 6 heteroatoms. The van der Waals surface area contributed by atoms with E-state index in [0.29, 0.717) is 21.9 Å². The predicted octanol–water partition coefficient (Wildman–Crippen LogP) is 4.65. The highest BCUT2D eigenvalue weighted by atomic mass is 35.5. The molecule has 0 amide bonds. The Hall–Kier alpha value is -2.40. The van der Waals surface area contributed by atoms with E-state index in [-0.39, 0.29) is 5.88 Å². The number of hydrogen-bond donors (Lipinski definition) is 2. The van der Waals surface area contributed by atoms with Gasteiger partial charge in [0.25, 0.3) is 0 Å². The first-order valence-electron chi connectivity index (χ1n) is 5.99. The van der Waals surface area contributed by atoms with E-state index in [0.717, 1.165) is 11.1 Å². The van der Waals surface area contributed by atoms with Crippen molar-refractivity contribution >= 4 is 34.0 Å². The zero-order valence-electron chi connectivity index (χ0n) is 10.6. The summed E-state index contributed by atoms with van der Waals surface area (Å²) in [6.07, 6.45) is 1.63. The molecule has 5 nitrogen and oxygen atoms in total. The Labute approximate surface area is 120 Å². The summed E-state index contributed by atoms with van der Waals surface area (Å²) in [5.41, 5.74) is 2.04. The zero-order valence-corrected chi connectivity index (χ0v) is 11.4. The van der Waals surface area contributed by atoms with Crippen LogP contribution in [0.25, 0.3) is 10.9 Å². The molecule has 2 N–H and O–H groups in total. The van der Waals surface area contributed by atoms with Crippen LogP contribution in [-0.4, -0.2) is 15.1 Å². The summed E-state index contributed by atoms with van der Waals surface area (Å²) in [6.45, 7) is 1.92. The molecule has 100 valence electrons. The average Bonchev–Trinajstić information content (AvgIpc) is 2.80. The third kappa shape index (κ3) is 2.12. The maximum atomic E-state index is 9.97. The molecule has 0 aliphatic carbocycles. The molecule has 0 fully saturated rings. The van der Waals surface area contributed by atoms with Crippen LogP contribution in [0, 0.1) is 6.92 Å². The van der Waals surface area contributed by atoms with Gasteiger partial charge in [-0.3, -0.25) is 0 Å². The van der Waals surface area contributed by atoms with Gasteiger partial charge in [-0.15, -0.1) is 10.2 Å². The van der Waals surface area contributed by atoms with Gasteiger partial charge in [-0.25, -0.2) is 4.98 Å². The summed E-state index contributed by atoms with van der Waals surface area (Å²) < 4.78 is 0. The molecular formula is C14H11ClN4O. The van der Waals surface area contributed by atoms with Crippen molar-refractivity contribution in [2.75, 3.05) is 0 Å². The molecule has 0 radical (unpaired) electrons. The van der Waals surface area contributed by atoms with Gasteiger partial charge >= 0.3 is 0 Å². The molecule has 2 heterocycles. The number of aromatic amines is 1. The van der Waals surface area contributed by atoms with Crippen molar-refractivity contribution < 1.29 is 5.11 Å². The highest BCUT2D eigenvalue weighted by Gasteiger charge is 2.15. The highest BCUT2D eigenvalue weighted by molar-refractivity contribution is 6.36. The van der Waals surface area contributed by atoms with Gasteiger partial charge in [0.2, 0.25) is 5.88 Å². The van der Waals surface area contributed by atoms with E-state index in [1.807, 2.05) is 19.1 Å². The fourth-order valence-electron chi connectivity index (χ4n) is 1.98. The van der Waals surface area contributed by atoms with Crippen LogP contribution in [-0.2, 0) is 0 Å². The number of nitrogens with zero attached hydrogens (tertiary/aromatic N) is 3. The topological polar surface area (TPSA) is 73.6 Å². The third-order valence-electron chi connectivity index (χ3n) is 2.97. The second-order valence-electron chi connectivity index (χ2n) is 4.32. The fourth-order valence-corrected chi connectivity index (χ4v) is 2.23. The minimum absolute atomic E-state index is 0.0594. The monoisotopic (exact) mass is 286 g/mol. The molecule has 0 aliphatic heterocycles. The summed E-state index contributed by atoms with van der Waals surface area (Å²) >= 11 is 6.18. The van der Waals surface area contributed by atoms with Crippen molar-refractivity contribution in [3.8, 4) is 5.88 Å². The van der Waals surface area contributed by atoms with Gasteiger partial charge in [-0.2, -0.15) is 0 Å². The Morgan fingerprint density at radius 1 is 1.20 bits per heavy atom. The lowest BCUT2D eigenvalue weighted by atomic mass is 10.1. The van der Waals surface area contributed by atoms with Gasteiger partial charge < -0.3 is 10.1 Å². The number of azo groups is 1. The van der Waals surface area contributed by atoms with Crippen LogP contribution in [0.2, 0.25) is 5.02 Å². The summed E-state index contributed by atoms with van der Waals surface area (Å²) in [7, 11) is 0. The average molecular weight is 287 g/mol. The molecule has 0 aliphatic rings. The second kappa shape index (κ2) is 4.94. The number of aromatic nitrogens is 2. The number of benzene rings is 1. The van der Waals surface area contributed by atoms with Gasteiger partial charge in [0.05, 0.1) is 15.9 Å². The number of halogens is 1. The Morgan fingerprint density at radius 2 is 2.05 bits per heavy atom. The molecule has 1 aromatic carbocycles. The summed E-state index contributed by atoms with van der Waals surface area (Å²) in [5.74, 6) is 0.404. The molecule has 0 saturated carbocycles. The largest absolute Gasteiger partial charge is 0.493 e. The number of H-pyrrole nitrogens is 1. The Balaban J connectivity index is 2.15. The van der Waals surface area contributed by atoms with E-state index >= 15 is 0 Å². The Morgan fingerprint density at radius 3 is 2.80 bits per heavy atom. The molecule has 0 saturated heterocycles. The smallest absolute Gasteiger partial charge is 0.218 e. The summed E-state index contributed by atoms with van der Waals surface area (Å²) in [5, 5.41) is 19.2.